The second-order valence-electron chi connectivity index (χ2n) is 4.09. The number of nitrogens with zero attached hydrogens (tertiary/aromatic N) is 2. The van der Waals surface area contributed by atoms with Crippen molar-refractivity contribution < 1.29 is 9.53 Å². The number of hydrogen-bond donors (Lipinski definition) is 0. The van der Waals surface area contributed by atoms with E-state index >= 15 is 0 Å². The lowest BCUT2D eigenvalue weighted by Gasteiger charge is -2.20. The quantitative estimate of drug-likeness (QED) is 0.777. The molecule has 0 aliphatic carbocycles. The van der Waals surface area contributed by atoms with Crippen LogP contribution in [0.25, 0.3) is 11.0 Å². The van der Waals surface area contributed by atoms with Crippen molar-refractivity contribution in [1.29, 1.82) is 0 Å². The van der Waals surface area contributed by atoms with E-state index in [2.05, 4.69) is 4.98 Å². The number of hydrogen-bond acceptors (Lipinski definition) is 4. The Bertz CT molecular complexity index is 633. The summed E-state index contributed by atoms with van der Waals surface area (Å²) in [5.74, 6) is 1.63. The SMILES string of the molecule is COc1cc2c3c(c1)nc(C)n3C(=O)C(C)S2. The van der Waals surface area contributed by atoms with E-state index in [0.717, 1.165) is 27.5 Å². The first-order chi connectivity index (χ1) is 8.11. The van der Waals surface area contributed by atoms with Crippen molar-refractivity contribution in [3.8, 4) is 5.75 Å². The van der Waals surface area contributed by atoms with Gasteiger partial charge in [-0.15, -0.1) is 11.8 Å². The predicted octanol–water partition coefficient (Wildman–Crippen LogP) is 2.49. The molecule has 0 saturated heterocycles. The van der Waals surface area contributed by atoms with Gasteiger partial charge in [-0.3, -0.25) is 9.36 Å². The fourth-order valence-electron chi connectivity index (χ4n) is 2.16. The summed E-state index contributed by atoms with van der Waals surface area (Å²) in [6.07, 6.45) is 0. The number of aryl methyl sites for hydroxylation is 1. The minimum Gasteiger partial charge on any atom is -0.497 e. The summed E-state index contributed by atoms with van der Waals surface area (Å²) in [4.78, 5) is 17.6. The van der Waals surface area contributed by atoms with Gasteiger partial charge in [-0.05, 0) is 19.9 Å². The molecule has 2 aromatic rings. The number of ether oxygens (including phenoxy) is 1. The van der Waals surface area contributed by atoms with E-state index in [-0.39, 0.29) is 11.2 Å². The molecule has 1 unspecified atom stereocenters. The molecular weight excluding hydrogens is 236 g/mol. The maximum atomic E-state index is 12.1. The molecular formula is C12H12N2O2S. The summed E-state index contributed by atoms with van der Waals surface area (Å²) in [6, 6.07) is 3.83. The van der Waals surface area contributed by atoms with Crippen LogP contribution in [0, 0.1) is 6.92 Å². The van der Waals surface area contributed by atoms with Gasteiger partial charge >= 0.3 is 0 Å². The number of thioether (sulfide) groups is 1. The Morgan fingerprint density at radius 1 is 1.47 bits per heavy atom. The number of aromatic nitrogens is 2. The van der Waals surface area contributed by atoms with E-state index in [4.69, 9.17) is 4.74 Å². The lowest BCUT2D eigenvalue weighted by Crippen LogP contribution is -2.25. The van der Waals surface area contributed by atoms with Crippen LogP contribution >= 0.6 is 11.8 Å². The van der Waals surface area contributed by atoms with Crippen LogP contribution in [0.15, 0.2) is 17.0 Å². The van der Waals surface area contributed by atoms with Crippen molar-refractivity contribution in [1.82, 2.24) is 9.55 Å². The fraction of sp³-hybridized carbons (Fsp3) is 0.333. The van der Waals surface area contributed by atoms with Crippen LogP contribution in [0.2, 0.25) is 0 Å². The molecule has 1 aromatic heterocycles. The molecule has 2 heterocycles. The lowest BCUT2D eigenvalue weighted by molar-refractivity contribution is 0.0915. The molecule has 0 fully saturated rings. The zero-order valence-electron chi connectivity index (χ0n) is 9.85. The molecule has 17 heavy (non-hydrogen) atoms. The standard InChI is InChI=1S/C12H12N2O2S/c1-6-12(15)14-7(2)13-9-4-8(16-3)5-10(17-6)11(9)14/h4-6H,1-3H3. The number of rotatable bonds is 1. The van der Waals surface area contributed by atoms with Gasteiger partial charge in [0.05, 0.1) is 23.4 Å². The van der Waals surface area contributed by atoms with Crippen molar-refractivity contribution in [2.24, 2.45) is 0 Å². The molecule has 0 saturated carbocycles. The van der Waals surface area contributed by atoms with Gasteiger partial charge in [-0.2, -0.15) is 0 Å². The maximum Gasteiger partial charge on any atom is 0.245 e. The zero-order chi connectivity index (χ0) is 12.2. The first kappa shape index (κ1) is 10.7. The molecule has 5 heteroatoms. The highest BCUT2D eigenvalue weighted by molar-refractivity contribution is 8.01. The predicted molar refractivity (Wildman–Crippen MR) is 67.0 cm³/mol. The largest absolute Gasteiger partial charge is 0.497 e. The third-order valence-electron chi connectivity index (χ3n) is 2.97. The van der Waals surface area contributed by atoms with Gasteiger partial charge in [0.15, 0.2) is 0 Å². The van der Waals surface area contributed by atoms with Crippen LogP contribution in [0.4, 0.5) is 0 Å². The highest BCUT2D eigenvalue weighted by Crippen LogP contribution is 2.39. The minimum atomic E-state index is -0.0780. The van der Waals surface area contributed by atoms with E-state index in [9.17, 15) is 4.79 Å². The molecule has 1 aliphatic rings. The Kier molecular flexibility index (Phi) is 2.19. The van der Waals surface area contributed by atoms with Gasteiger partial charge in [0, 0.05) is 11.0 Å². The Morgan fingerprint density at radius 3 is 2.94 bits per heavy atom. The molecule has 1 atom stereocenters. The molecule has 0 bridgehead atoms. The van der Waals surface area contributed by atoms with Crippen molar-refractivity contribution in [2.45, 2.75) is 24.0 Å². The summed E-state index contributed by atoms with van der Waals surface area (Å²) < 4.78 is 6.97. The lowest BCUT2D eigenvalue weighted by atomic mass is 10.2. The van der Waals surface area contributed by atoms with E-state index in [1.807, 2.05) is 26.0 Å². The molecule has 0 amide bonds. The summed E-state index contributed by atoms with van der Waals surface area (Å²) in [5, 5.41) is -0.0780. The van der Waals surface area contributed by atoms with Crippen LogP contribution in [0.3, 0.4) is 0 Å². The summed E-state index contributed by atoms with van der Waals surface area (Å²) in [6.45, 7) is 3.78. The molecule has 1 aromatic carbocycles. The van der Waals surface area contributed by atoms with Gasteiger partial charge in [0.2, 0.25) is 5.91 Å². The van der Waals surface area contributed by atoms with Crippen molar-refractivity contribution in [2.75, 3.05) is 7.11 Å². The normalized spacial score (nSPS) is 18.8. The van der Waals surface area contributed by atoms with Crippen molar-refractivity contribution >= 4 is 28.7 Å². The number of imidazole rings is 1. The molecule has 4 nitrogen and oxygen atoms in total. The van der Waals surface area contributed by atoms with Gasteiger partial charge in [-0.1, -0.05) is 0 Å². The monoisotopic (exact) mass is 248 g/mol. The van der Waals surface area contributed by atoms with E-state index in [1.165, 1.54) is 0 Å². The fourth-order valence-corrected chi connectivity index (χ4v) is 3.24. The van der Waals surface area contributed by atoms with Crippen LogP contribution < -0.4 is 4.74 Å². The molecule has 1 aliphatic heterocycles. The van der Waals surface area contributed by atoms with E-state index in [1.54, 1.807) is 23.4 Å². The van der Waals surface area contributed by atoms with Crippen molar-refractivity contribution in [3.05, 3.63) is 18.0 Å². The number of carbonyl (C=O) groups is 1. The summed E-state index contributed by atoms with van der Waals surface area (Å²) in [5.41, 5.74) is 1.74. The minimum absolute atomic E-state index is 0.0780. The molecule has 0 N–H and O–H groups in total. The van der Waals surface area contributed by atoms with E-state index in [0.29, 0.717) is 0 Å². The average Bonchev–Trinajstić information content (AvgIpc) is 2.63. The van der Waals surface area contributed by atoms with Crippen LogP contribution in [0.1, 0.15) is 17.5 Å². The molecule has 0 spiro atoms. The average molecular weight is 248 g/mol. The number of carbonyl (C=O) groups excluding carboxylic acids is 1. The summed E-state index contributed by atoms with van der Waals surface area (Å²) in [7, 11) is 1.64. The van der Waals surface area contributed by atoms with Crippen LogP contribution in [0.5, 0.6) is 5.75 Å². The Balaban J connectivity index is 2.40. The molecule has 88 valence electrons. The Morgan fingerprint density at radius 2 is 2.24 bits per heavy atom. The van der Waals surface area contributed by atoms with Gasteiger partial charge in [0.25, 0.3) is 0 Å². The van der Waals surface area contributed by atoms with Gasteiger partial charge in [0.1, 0.15) is 11.6 Å². The van der Waals surface area contributed by atoms with Crippen LogP contribution in [-0.4, -0.2) is 27.8 Å². The Hall–Kier alpha value is -1.49. The first-order valence-electron chi connectivity index (χ1n) is 5.40. The Labute approximate surface area is 103 Å². The smallest absolute Gasteiger partial charge is 0.245 e. The third kappa shape index (κ3) is 1.38. The first-order valence-corrected chi connectivity index (χ1v) is 6.27. The third-order valence-corrected chi connectivity index (χ3v) is 4.09. The van der Waals surface area contributed by atoms with E-state index < -0.39 is 0 Å². The number of benzene rings is 1. The second kappa shape index (κ2) is 3.50. The number of methoxy groups -OCH3 is 1. The van der Waals surface area contributed by atoms with Gasteiger partial charge < -0.3 is 4.74 Å². The summed E-state index contributed by atoms with van der Waals surface area (Å²) >= 11 is 1.56. The maximum absolute atomic E-state index is 12.1. The molecule has 0 radical (unpaired) electrons. The van der Waals surface area contributed by atoms with Gasteiger partial charge in [-0.25, -0.2) is 4.98 Å². The zero-order valence-corrected chi connectivity index (χ0v) is 10.7. The second-order valence-corrected chi connectivity index (χ2v) is 5.47. The highest BCUT2D eigenvalue weighted by atomic mass is 32.2. The van der Waals surface area contributed by atoms with Crippen molar-refractivity contribution in [3.63, 3.8) is 0 Å². The van der Waals surface area contributed by atoms with Crippen LogP contribution in [-0.2, 0) is 0 Å². The highest BCUT2D eigenvalue weighted by Gasteiger charge is 2.28. The molecule has 3 rings (SSSR count). The topological polar surface area (TPSA) is 44.1 Å².